The molecule has 0 saturated carbocycles. The molecular weight excluding hydrogens is 322 g/mol. The number of rotatable bonds is 4. The molecule has 1 atom stereocenters. The minimum Gasteiger partial charge on any atom is -0.369 e. The molecule has 2 aromatic carbocycles. The Hall–Kier alpha value is -2.62. The van der Waals surface area contributed by atoms with Gasteiger partial charge in [-0.1, -0.05) is 43.3 Å². The fourth-order valence-electron chi connectivity index (χ4n) is 3.68. The zero-order chi connectivity index (χ0) is 18.7. The molecule has 0 bridgehead atoms. The number of nitrogens with zero attached hydrogens (tertiary/aromatic N) is 2. The fourth-order valence-corrected chi connectivity index (χ4v) is 3.68. The predicted molar refractivity (Wildman–Crippen MR) is 108 cm³/mol. The van der Waals surface area contributed by atoms with E-state index in [0.29, 0.717) is 12.3 Å². The van der Waals surface area contributed by atoms with Gasteiger partial charge in [0.05, 0.1) is 12.6 Å². The highest BCUT2D eigenvalue weighted by molar-refractivity contribution is 5.84. The maximum absolute atomic E-state index is 12.0. The second-order valence-electron chi connectivity index (χ2n) is 7.75. The summed E-state index contributed by atoms with van der Waals surface area (Å²) in [6.07, 6.45) is 3.17. The van der Waals surface area contributed by atoms with E-state index in [1.807, 2.05) is 30.3 Å². The normalized spacial score (nSPS) is 18.6. The summed E-state index contributed by atoms with van der Waals surface area (Å²) in [7, 11) is 2.16. The zero-order valence-corrected chi connectivity index (χ0v) is 16.0. The first-order valence-electron chi connectivity index (χ1n) is 9.10. The first-order valence-corrected chi connectivity index (χ1v) is 9.10. The van der Waals surface area contributed by atoms with Gasteiger partial charge in [0, 0.05) is 18.3 Å². The summed E-state index contributed by atoms with van der Waals surface area (Å²) in [4.78, 5) is 14.3. The van der Waals surface area contributed by atoms with E-state index in [2.05, 4.69) is 61.4 Å². The van der Waals surface area contributed by atoms with Gasteiger partial charge in [-0.3, -0.25) is 4.79 Å². The molecular formula is C22H27N3O. The van der Waals surface area contributed by atoms with E-state index >= 15 is 0 Å². The van der Waals surface area contributed by atoms with Crippen LogP contribution >= 0.6 is 0 Å². The number of carbonyl (C=O) groups excluding carboxylic acids is 1. The van der Waals surface area contributed by atoms with Crippen LogP contribution in [-0.4, -0.2) is 24.7 Å². The maximum Gasteiger partial charge on any atom is 0.244 e. The third-order valence-corrected chi connectivity index (χ3v) is 5.27. The summed E-state index contributed by atoms with van der Waals surface area (Å²) in [5.41, 5.74) is 7.37. The molecule has 2 aromatic rings. The summed E-state index contributed by atoms with van der Waals surface area (Å²) >= 11 is 0. The summed E-state index contributed by atoms with van der Waals surface area (Å²) in [5, 5.41) is 4.12. The van der Waals surface area contributed by atoms with Gasteiger partial charge in [0.2, 0.25) is 5.91 Å². The molecule has 3 rings (SSSR count). The van der Waals surface area contributed by atoms with Gasteiger partial charge in [0.1, 0.15) is 0 Å². The lowest BCUT2D eigenvalue weighted by Crippen LogP contribution is -2.45. The van der Waals surface area contributed by atoms with Gasteiger partial charge in [-0.25, -0.2) is 5.43 Å². The van der Waals surface area contributed by atoms with Crippen LogP contribution < -0.4 is 10.3 Å². The lowest BCUT2D eigenvalue weighted by atomic mass is 9.80. The van der Waals surface area contributed by atoms with Gasteiger partial charge in [-0.15, -0.1) is 0 Å². The van der Waals surface area contributed by atoms with Gasteiger partial charge in [-0.05, 0) is 55.0 Å². The molecule has 0 radical (unpaired) electrons. The summed E-state index contributed by atoms with van der Waals surface area (Å²) in [6.45, 7) is 6.84. The third-order valence-electron chi connectivity index (χ3n) is 5.27. The molecule has 1 aliphatic rings. The Balaban J connectivity index is 1.67. The quantitative estimate of drug-likeness (QED) is 0.667. The lowest BCUT2D eigenvalue weighted by molar-refractivity contribution is -0.120. The Morgan fingerprint density at radius 3 is 2.73 bits per heavy atom. The van der Waals surface area contributed by atoms with Crippen molar-refractivity contribution in [2.24, 2.45) is 5.10 Å². The van der Waals surface area contributed by atoms with Gasteiger partial charge in [0.25, 0.3) is 0 Å². The van der Waals surface area contributed by atoms with Crippen molar-refractivity contribution >= 4 is 17.8 Å². The van der Waals surface area contributed by atoms with E-state index in [9.17, 15) is 4.79 Å². The highest BCUT2D eigenvalue weighted by atomic mass is 16.2. The second-order valence-corrected chi connectivity index (χ2v) is 7.75. The number of hydrogen-bond donors (Lipinski definition) is 1. The first kappa shape index (κ1) is 18.2. The first-order chi connectivity index (χ1) is 12.4. The fraction of sp³-hybridized carbons (Fsp3) is 0.364. The van der Waals surface area contributed by atoms with Gasteiger partial charge in [0.15, 0.2) is 0 Å². The van der Waals surface area contributed by atoms with Crippen LogP contribution in [0.15, 0.2) is 53.6 Å². The Bertz CT molecular complexity index is 811. The monoisotopic (exact) mass is 349 g/mol. The number of fused-ring (bicyclic) bond motifs is 1. The Morgan fingerprint density at radius 2 is 2.00 bits per heavy atom. The van der Waals surface area contributed by atoms with Crippen LogP contribution in [-0.2, 0) is 11.2 Å². The number of benzene rings is 2. The Kier molecular flexibility index (Phi) is 5.12. The minimum absolute atomic E-state index is 0.111. The number of carbonyl (C=O) groups is 1. The molecule has 1 N–H and O–H groups in total. The molecule has 0 fully saturated rings. The smallest absolute Gasteiger partial charge is 0.244 e. The van der Waals surface area contributed by atoms with E-state index in [0.717, 1.165) is 17.5 Å². The molecule has 4 heteroatoms. The van der Waals surface area contributed by atoms with Crippen molar-refractivity contribution in [3.8, 4) is 0 Å². The lowest BCUT2D eigenvalue weighted by Gasteiger charge is -2.45. The summed E-state index contributed by atoms with van der Waals surface area (Å²) in [5.74, 6) is 0.387. The number of amides is 1. The Labute approximate surface area is 155 Å². The largest absolute Gasteiger partial charge is 0.369 e. The molecule has 4 nitrogen and oxygen atoms in total. The van der Waals surface area contributed by atoms with Crippen molar-refractivity contribution in [2.75, 3.05) is 11.9 Å². The van der Waals surface area contributed by atoms with Crippen LogP contribution in [0.3, 0.4) is 0 Å². The summed E-state index contributed by atoms with van der Waals surface area (Å²) in [6, 6.07) is 16.1. The number of nitrogens with one attached hydrogen (secondary N) is 1. The molecule has 26 heavy (non-hydrogen) atoms. The topological polar surface area (TPSA) is 44.7 Å². The molecule has 1 amide bonds. The van der Waals surface area contributed by atoms with Gasteiger partial charge < -0.3 is 4.90 Å². The zero-order valence-electron chi connectivity index (χ0n) is 16.0. The van der Waals surface area contributed by atoms with E-state index in [1.165, 1.54) is 11.3 Å². The highest BCUT2D eigenvalue weighted by Gasteiger charge is 2.33. The van der Waals surface area contributed by atoms with Crippen LogP contribution in [0.2, 0.25) is 0 Å². The van der Waals surface area contributed by atoms with E-state index in [-0.39, 0.29) is 11.4 Å². The van der Waals surface area contributed by atoms with Crippen molar-refractivity contribution in [1.82, 2.24) is 5.43 Å². The van der Waals surface area contributed by atoms with Crippen LogP contribution in [0.4, 0.5) is 5.69 Å². The molecule has 1 aliphatic heterocycles. The molecule has 0 aromatic heterocycles. The number of anilines is 1. The standard InChI is InChI=1S/C22H27N3O/c1-16-14-22(2,3)25(4)20-11-10-18(12-19(16)20)15-23-24-21(26)13-17-8-6-5-7-9-17/h5-12,15-16H,13-14H2,1-4H3,(H,24,26)/b23-15-/t16-/m1/s1. The van der Waals surface area contributed by atoms with Crippen LogP contribution in [0.5, 0.6) is 0 Å². The molecule has 1 heterocycles. The van der Waals surface area contributed by atoms with Crippen molar-refractivity contribution in [3.63, 3.8) is 0 Å². The molecule has 0 saturated heterocycles. The SMILES string of the molecule is C[C@@H]1CC(C)(C)N(C)c2ccc(/C=N\NC(=O)Cc3ccccc3)cc21. The van der Waals surface area contributed by atoms with Crippen LogP contribution in [0.1, 0.15) is 49.8 Å². The van der Waals surface area contributed by atoms with E-state index in [1.54, 1.807) is 6.21 Å². The van der Waals surface area contributed by atoms with Gasteiger partial charge in [-0.2, -0.15) is 5.10 Å². The molecule has 136 valence electrons. The predicted octanol–water partition coefficient (Wildman–Crippen LogP) is 4.10. The second kappa shape index (κ2) is 7.32. The minimum atomic E-state index is -0.111. The van der Waals surface area contributed by atoms with Crippen LogP contribution in [0, 0.1) is 0 Å². The summed E-state index contributed by atoms with van der Waals surface area (Å²) < 4.78 is 0. The van der Waals surface area contributed by atoms with Crippen LogP contribution in [0.25, 0.3) is 0 Å². The average molecular weight is 349 g/mol. The Morgan fingerprint density at radius 1 is 1.27 bits per heavy atom. The molecule has 0 aliphatic carbocycles. The van der Waals surface area contributed by atoms with Crippen molar-refractivity contribution in [2.45, 2.75) is 45.1 Å². The number of hydrogen-bond acceptors (Lipinski definition) is 3. The third kappa shape index (κ3) is 3.96. The highest BCUT2D eigenvalue weighted by Crippen LogP contribution is 2.42. The van der Waals surface area contributed by atoms with Crippen molar-refractivity contribution in [3.05, 3.63) is 65.2 Å². The molecule has 0 spiro atoms. The van der Waals surface area contributed by atoms with E-state index < -0.39 is 0 Å². The molecule has 0 unspecified atom stereocenters. The maximum atomic E-state index is 12.0. The van der Waals surface area contributed by atoms with Crippen molar-refractivity contribution < 1.29 is 4.79 Å². The number of hydrazone groups is 1. The average Bonchev–Trinajstić information content (AvgIpc) is 2.60. The van der Waals surface area contributed by atoms with Crippen molar-refractivity contribution in [1.29, 1.82) is 0 Å². The van der Waals surface area contributed by atoms with E-state index in [4.69, 9.17) is 0 Å². The van der Waals surface area contributed by atoms with Gasteiger partial charge >= 0.3 is 0 Å².